The fourth-order valence-corrected chi connectivity index (χ4v) is 1.94. The van der Waals surface area contributed by atoms with Crippen LogP contribution in [0.15, 0.2) is 0 Å². The first-order valence-electron chi connectivity index (χ1n) is 5.45. The van der Waals surface area contributed by atoms with Crippen molar-refractivity contribution in [1.29, 1.82) is 0 Å². The second-order valence-electron chi connectivity index (χ2n) is 4.05. The number of amides is 1. The molecule has 1 fully saturated rings. The van der Waals surface area contributed by atoms with Gasteiger partial charge in [0.25, 0.3) is 5.91 Å². The molecular weight excluding hydrogens is 192 g/mol. The standard InChI is InChI=1S/C10H16N4O/c1-7-11-9(14-13-7)10(15)12-8-5-3-2-4-6-8/h8H,2-6H2,1H3,(H,12,15)(H,11,13,14). The molecule has 0 aromatic carbocycles. The normalized spacial score (nSPS) is 17.7. The zero-order valence-corrected chi connectivity index (χ0v) is 8.92. The summed E-state index contributed by atoms with van der Waals surface area (Å²) in [4.78, 5) is 15.7. The summed E-state index contributed by atoms with van der Waals surface area (Å²) in [6.07, 6.45) is 5.85. The van der Waals surface area contributed by atoms with E-state index in [2.05, 4.69) is 20.5 Å². The molecule has 2 rings (SSSR count). The van der Waals surface area contributed by atoms with Gasteiger partial charge in [-0.15, -0.1) is 5.10 Å². The lowest BCUT2D eigenvalue weighted by Crippen LogP contribution is -2.36. The number of hydrogen-bond acceptors (Lipinski definition) is 3. The Balaban J connectivity index is 1.91. The van der Waals surface area contributed by atoms with Crippen LogP contribution in [-0.4, -0.2) is 27.1 Å². The number of carbonyl (C=O) groups is 1. The Hall–Kier alpha value is -1.39. The SMILES string of the molecule is Cc1nc(C(=O)NC2CCCCC2)n[nH]1. The summed E-state index contributed by atoms with van der Waals surface area (Å²) in [5.74, 6) is 0.758. The van der Waals surface area contributed by atoms with Crippen LogP contribution in [0.1, 0.15) is 48.5 Å². The first-order chi connectivity index (χ1) is 7.25. The highest BCUT2D eigenvalue weighted by atomic mass is 16.2. The van der Waals surface area contributed by atoms with E-state index < -0.39 is 0 Å². The second kappa shape index (κ2) is 4.42. The first-order valence-corrected chi connectivity index (χ1v) is 5.45. The maximum Gasteiger partial charge on any atom is 0.291 e. The fraction of sp³-hybridized carbons (Fsp3) is 0.700. The molecule has 1 aliphatic carbocycles. The summed E-state index contributed by atoms with van der Waals surface area (Å²) in [6.45, 7) is 1.78. The van der Waals surface area contributed by atoms with E-state index in [1.54, 1.807) is 6.92 Å². The Morgan fingerprint density at radius 3 is 2.73 bits per heavy atom. The van der Waals surface area contributed by atoms with Crippen LogP contribution in [0.2, 0.25) is 0 Å². The van der Waals surface area contributed by atoms with Gasteiger partial charge in [-0.2, -0.15) is 0 Å². The van der Waals surface area contributed by atoms with Gasteiger partial charge in [-0.1, -0.05) is 19.3 Å². The summed E-state index contributed by atoms with van der Waals surface area (Å²) >= 11 is 0. The van der Waals surface area contributed by atoms with Gasteiger partial charge in [-0.05, 0) is 19.8 Å². The summed E-state index contributed by atoms with van der Waals surface area (Å²) in [5, 5.41) is 9.46. The minimum atomic E-state index is -0.161. The lowest BCUT2D eigenvalue weighted by Gasteiger charge is -2.21. The molecule has 2 N–H and O–H groups in total. The minimum absolute atomic E-state index is 0.161. The average molecular weight is 208 g/mol. The first kappa shape index (κ1) is 10.1. The zero-order chi connectivity index (χ0) is 10.7. The molecule has 0 aliphatic heterocycles. The van der Waals surface area contributed by atoms with Crippen LogP contribution in [0.5, 0.6) is 0 Å². The van der Waals surface area contributed by atoms with Gasteiger partial charge in [0.05, 0.1) is 0 Å². The van der Waals surface area contributed by atoms with E-state index in [0.29, 0.717) is 11.9 Å². The van der Waals surface area contributed by atoms with Crippen molar-refractivity contribution >= 4 is 5.91 Å². The maximum absolute atomic E-state index is 11.7. The van der Waals surface area contributed by atoms with Gasteiger partial charge in [0.15, 0.2) is 0 Å². The number of aromatic nitrogens is 3. The van der Waals surface area contributed by atoms with Gasteiger partial charge in [-0.25, -0.2) is 4.98 Å². The lowest BCUT2D eigenvalue weighted by atomic mass is 9.95. The van der Waals surface area contributed by atoms with E-state index in [9.17, 15) is 4.79 Å². The van der Waals surface area contributed by atoms with Crippen molar-refractivity contribution in [2.24, 2.45) is 0 Å². The fourth-order valence-electron chi connectivity index (χ4n) is 1.94. The predicted octanol–water partition coefficient (Wildman–Crippen LogP) is 1.18. The molecular formula is C10H16N4O. The molecule has 0 unspecified atom stereocenters. The molecule has 15 heavy (non-hydrogen) atoms. The van der Waals surface area contributed by atoms with Gasteiger partial charge in [0, 0.05) is 6.04 Å². The summed E-state index contributed by atoms with van der Waals surface area (Å²) in [7, 11) is 0. The molecule has 1 saturated carbocycles. The third-order valence-corrected chi connectivity index (χ3v) is 2.74. The van der Waals surface area contributed by atoms with Crippen LogP contribution in [0.25, 0.3) is 0 Å². The van der Waals surface area contributed by atoms with Crippen LogP contribution < -0.4 is 5.32 Å². The number of nitrogens with one attached hydrogen (secondary N) is 2. The Morgan fingerprint density at radius 2 is 2.13 bits per heavy atom. The predicted molar refractivity (Wildman–Crippen MR) is 55.5 cm³/mol. The quantitative estimate of drug-likeness (QED) is 0.766. The molecule has 82 valence electrons. The van der Waals surface area contributed by atoms with Crippen LogP contribution in [0, 0.1) is 6.92 Å². The number of hydrogen-bond donors (Lipinski definition) is 2. The Kier molecular flexibility index (Phi) is 2.99. The highest BCUT2D eigenvalue weighted by Gasteiger charge is 2.18. The van der Waals surface area contributed by atoms with Gasteiger partial charge < -0.3 is 5.32 Å². The number of rotatable bonds is 2. The molecule has 0 saturated heterocycles. The van der Waals surface area contributed by atoms with Crippen LogP contribution >= 0.6 is 0 Å². The third kappa shape index (κ3) is 2.55. The zero-order valence-electron chi connectivity index (χ0n) is 8.92. The number of aromatic amines is 1. The molecule has 1 aromatic rings. The number of nitrogens with zero attached hydrogens (tertiary/aromatic N) is 2. The van der Waals surface area contributed by atoms with E-state index in [4.69, 9.17) is 0 Å². The van der Waals surface area contributed by atoms with E-state index in [1.807, 2.05) is 0 Å². The lowest BCUT2D eigenvalue weighted by molar-refractivity contribution is 0.0917. The van der Waals surface area contributed by atoms with Crippen LogP contribution in [0.4, 0.5) is 0 Å². The number of H-pyrrole nitrogens is 1. The third-order valence-electron chi connectivity index (χ3n) is 2.74. The van der Waals surface area contributed by atoms with Crippen molar-refractivity contribution in [1.82, 2.24) is 20.5 Å². The Bertz CT molecular complexity index is 341. The van der Waals surface area contributed by atoms with Crippen LogP contribution in [0.3, 0.4) is 0 Å². The molecule has 0 spiro atoms. The molecule has 0 atom stereocenters. The highest BCUT2D eigenvalue weighted by Crippen LogP contribution is 2.17. The van der Waals surface area contributed by atoms with Gasteiger partial charge in [0.1, 0.15) is 5.82 Å². The summed E-state index contributed by atoms with van der Waals surface area (Å²) in [6, 6.07) is 0.310. The monoisotopic (exact) mass is 208 g/mol. The Labute approximate surface area is 88.7 Å². The van der Waals surface area contributed by atoms with Crippen molar-refractivity contribution in [2.45, 2.75) is 45.1 Å². The topological polar surface area (TPSA) is 70.7 Å². The smallest absolute Gasteiger partial charge is 0.291 e. The van der Waals surface area contributed by atoms with Gasteiger partial charge >= 0.3 is 0 Å². The molecule has 1 aromatic heterocycles. The van der Waals surface area contributed by atoms with Crippen molar-refractivity contribution in [3.63, 3.8) is 0 Å². The van der Waals surface area contributed by atoms with E-state index in [0.717, 1.165) is 12.8 Å². The largest absolute Gasteiger partial charge is 0.347 e. The van der Waals surface area contributed by atoms with E-state index in [1.165, 1.54) is 19.3 Å². The molecule has 0 radical (unpaired) electrons. The number of aryl methyl sites for hydroxylation is 1. The highest BCUT2D eigenvalue weighted by molar-refractivity contribution is 5.90. The molecule has 1 amide bonds. The molecule has 1 aliphatic rings. The van der Waals surface area contributed by atoms with Gasteiger partial charge in [-0.3, -0.25) is 9.89 Å². The van der Waals surface area contributed by atoms with E-state index in [-0.39, 0.29) is 11.7 Å². The molecule has 5 heteroatoms. The molecule has 5 nitrogen and oxygen atoms in total. The molecule has 1 heterocycles. The van der Waals surface area contributed by atoms with Crippen molar-refractivity contribution in [3.05, 3.63) is 11.6 Å². The minimum Gasteiger partial charge on any atom is -0.347 e. The Morgan fingerprint density at radius 1 is 1.40 bits per heavy atom. The maximum atomic E-state index is 11.7. The summed E-state index contributed by atoms with van der Waals surface area (Å²) in [5.41, 5.74) is 0. The summed E-state index contributed by atoms with van der Waals surface area (Å²) < 4.78 is 0. The van der Waals surface area contributed by atoms with Crippen LogP contribution in [-0.2, 0) is 0 Å². The molecule has 0 bridgehead atoms. The second-order valence-corrected chi connectivity index (χ2v) is 4.05. The number of carbonyl (C=O) groups excluding carboxylic acids is 1. The van der Waals surface area contributed by atoms with Gasteiger partial charge in [0.2, 0.25) is 5.82 Å². The van der Waals surface area contributed by atoms with Crippen molar-refractivity contribution in [2.75, 3.05) is 0 Å². The average Bonchev–Trinajstić information content (AvgIpc) is 2.66. The van der Waals surface area contributed by atoms with Crippen molar-refractivity contribution < 1.29 is 4.79 Å². The van der Waals surface area contributed by atoms with E-state index >= 15 is 0 Å². The van der Waals surface area contributed by atoms with Crippen molar-refractivity contribution in [3.8, 4) is 0 Å².